The molecule has 24 heavy (non-hydrogen) atoms. The zero-order valence-corrected chi connectivity index (χ0v) is 12.2. The minimum absolute atomic E-state index is 0.0594. The lowest BCUT2D eigenvalue weighted by atomic mass is 10.1. The van der Waals surface area contributed by atoms with Gasteiger partial charge in [0.2, 0.25) is 0 Å². The van der Waals surface area contributed by atoms with Gasteiger partial charge in [-0.15, -0.1) is 0 Å². The van der Waals surface area contributed by atoms with Crippen molar-refractivity contribution in [1.29, 1.82) is 0 Å². The fourth-order valence-electron chi connectivity index (χ4n) is 2.53. The van der Waals surface area contributed by atoms with E-state index in [1.807, 2.05) is 6.07 Å². The van der Waals surface area contributed by atoms with Crippen LogP contribution in [0, 0.1) is 11.6 Å². The van der Waals surface area contributed by atoms with E-state index < -0.39 is 17.2 Å². The van der Waals surface area contributed by atoms with Gasteiger partial charge in [0.05, 0.1) is 17.0 Å². The Labute approximate surface area is 134 Å². The third kappa shape index (κ3) is 2.26. The number of rotatable bonds is 2. The Morgan fingerprint density at radius 3 is 2.62 bits per heavy atom. The summed E-state index contributed by atoms with van der Waals surface area (Å²) in [4.78, 5) is 20.9. The standard InChI is InChI=1S/C17H10F2N4O/c18-10-4-5-11(13(19)7-10)15-8-16(24)23-17(22-15)12(9-21-23)14-3-1-2-6-20-14/h1-9,21H. The van der Waals surface area contributed by atoms with Crippen LogP contribution >= 0.6 is 0 Å². The maximum atomic E-state index is 14.0. The first-order valence-corrected chi connectivity index (χ1v) is 7.11. The fourth-order valence-corrected chi connectivity index (χ4v) is 2.53. The molecule has 0 aliphatic heterocycles. The van der Waals surface area contributed by atoms with Crippen molar-refractivity contribution in [3.05, 3.63) is 76.8 Å². The minimum Gasteiger partial charge on any atom is -0.296 e. The highest BCUT2D eigenvalue weighted by Gasteiger charge is 2.14. The molecule has 4 aromatic rings. The molecule has 3 aromatic heterocycles. The molecule has 118 valence electrons. The molecule has 5 nitrogen and oxygen atoms in total. The summed E-state index contributed by atoms with van der Waals surface area (Å²) in [5.41, 5.74) is 1.34. The molecule has 0 amide bonds. The van der Waals surface area contributed by atoms with Crippen molar-refractivity contribution < 1.29 is 8.78 Å². The Hall–Kier alpha value is -3.35. The smallest absolute Gasteiger partial charge is 0.273 e. The molecule has 0 saturated carbocycles. The number of nitrogens with zero attached hydrogens (tertiary/aromatic N) is 3. The lowest BCUT2D eigenvalue weighted by Gasteiger charge is -2.04. The first kappa shape index (κ1) is 14.3. The molecule has 0 radical (unpaired) electrons. The van der Waals surface area contributed by atoms with Crippen molar-refractivity contribution in [1.82, 2.24) is 19.6 Å². The van der Waals surface area contributed by atoms with E-state index in [1.165, 1.54) is 16.6 Å². The molecule has 0 bridgehead atoms. The predicted octanol–water partition coefficient (Wildman–Crippen LogP) is 3.03. The molecular weight excluding hydrogens is 314 g/mol. The van der Waals surface area contributed by atoms with E-state index >= 15 is 0 Å². The number of hydrogen-bond donors (Lipinski definition) is 1. The van der Waals surface area contributed by atoms with Gasteiger partial charge in [0.1, 0.15) is 11.6 Å². The van der Waals surface area contributed by atoms with Crippen molar-refractivity contribution in [2.45, 2.75) is 0 Å². The lowest BCUT2D eigenvalue weighted by Crippen LogP contribution is -2.14. The molecule has 7 heteroatoms. The van der Waals surface area contributed by atoms with E-state index in [9.17, 15) is 13.6 Å². The van der Waals surface area contributed by atoms with E-state index in [4.69, 9.17) is 0 Å². The van der Waals surface area contributed by atoms with E-state index in [0.29, 0.717) is 16.9 Å². The Morgan fingerprint density at radius 2 is 1.88 bits per heavy atom. The van der Waals surface area contributed by atoms with Crippen LogP contribution in [0.15, 0.2) is 59.7 Å². The second kappa shape index (κ2) is 5.38. The van der Waals surface area contributed by atoms with Gasteiger partial charge in [-0.3, -0.25) is 14.9 Å². The van der Waals surface area contributed by atoms with Gasteiger partial charge in [0, 0.05) is 30.1 Å². The summed E-state index contributed by atoms with van der Waals surface area (Å²) in [6.07, 6.45) is 3.23. The van der Waals surface area contributed by atoms with Crippen molar-refractivity contribution in [3.8, 4) is 22.5 Å². The van der Waals surface area contributed by atoms with Gasteiger partial charge in [0.25, 0.3) is 5.56 Å². The van der Waals surface area contributed by atoms with Crippen LogP contribution < -0.4 is 5.56 Å². The maximum Gasteiger partial charge on any atom is 0.273 e. The average Bonchev–Trinajstić information content (AvgIpc) is 3.00. The van der Waals surface area contributed by atoms with Crippen LogP contribution in [0.5, 0.6) is 0 Å². The summed E-state index contributed by atoms with van der Waals surface area (Å²) in [5, 5.41) is 2.81. The third-order valence-corrected chi connectivity index (χ3v) is 3.65. The number of nitrogens with one attached hydrogen (secondary N) is 1. The van der Waals surface area contributed by atoms with Crippen molar-refractivity contribution in [2.24, 2.45) is 0 Å². The molecule has 0 saturated heterocycles. The van der Waals surface area contributed by atoms with E-state index in [-0.39, 0.29) is 11.3 Å². The highest BCUT2D eigenvalue weighted by atomic mass is 19.1. The zero-order chi connectivity index (χ0) is 16.7. The van der Waals surface area contributed by atoms with Crippen molar-refractivity contribution in [3.63, 3.8) is 0 Å². The van der Waals surface area contributed by atoms with Crippen LogP contribution in [-0.2, 0) is 0 Å². The summed E-state index contributed by atoms with van der Waals surface area (Å²) in [6.45, 7) is 0. The van der Waals surface area contributed by atoms with E-state index in [2.05, 4.69) is 15.1 Å². The SMILES string of the molecule is O=c1cc(-c2ccc(F)cc2F)nc2c(-c3ccccn3)c[nH]n12. The molecule has 1 N–H and O–H groups in total. The average molecular weight is 324 g/mol. The van der Waals surface area contributed by atoms with E-state index in [0.717, 1.165) is 12.1 Å². The Kier molecular flexibility index (Phi) is 3.19. The molecule has 4 rings (SSSR count). The Morgan fingerprint density at radius 1 is 1.00 bits per heavy atom. The first-order valence-electron chi connectivity index (χ1n) is 7.11. The van der Waals surface area contributed by atoms with Crippen molar-refractivity contribution >= 4 is 5.65 Å². The summed E-state index contributed by atoms with van der Waals surface area (Å²) >= 11 is 0. The summed E-state index contributed by atoms with van der Waals surface area (Å²) in [7, 11) is 0. The molecule has 0 unspecified atom stereocenters. The Bertz CT molecular complexity index is 1100. The second-order valence-corrected chi connectivity index (χ2v) is 5.16. The van der Waals surface area contributed by atoms with Crippen molar-refractivity contribution in [2.75, 3.05) is 0 Å². The van der Waals surface area contributed by atoms with Crippen LogP contribution in [-0.4, -0.2) is 19.6 Å². The normalized spacial score (nSPS) is 11.1. The number of benzene rings is 1. The number of halogens is 2. The largest absolute Gasteiger partial charge is 0.296 e. The molecule has 0 spiro atoms. The van der Waals surface area contributed by atoms with Gasteiger partial charge < -0.3 is 0 Å². The Balaban J connectivity index is 1.98. The monoisotopic (exact) mass is 324 g/mol. The molecule has 0 atom stereocenters. The molecule has 0 aliphatic carbocycles. The summed E-state index contributed by atoms with van der Waals surface area (Å²) < 4.78 is 28.3. The van der Waals surface area contributed by atoms with Crippen LogP contribution in [0.4, 0.5) is 8.78 Å². The van der Waals surface area contributed by atoms with Crippen LogP contribution in [0.1, 0.15) is 0 Å². The highest BCUT2D eigenvalue weighted by molar-refractivity contribution is 5.76. The van der Waals surface area contributed by atoms with Gasteiger partial charge >= 0.3 is 0 Å². The van der Waals surface area contributed by atoms with Gasteiger partial charge in [0.15, 0.2) is 5.65 Å². The molecule has 0 aliphatic rings. The molecule has 3 heterocycles. The summed E-state index contributed by atoms with van der Waals surface area (Å²) in [6, 6.07) is 9.71. The first-order chi connectivity index (χ1) is 11.6. The van der Waals surface area contributed by atoms with Gasteiger partial charge in [-0.05, 0) is 24.3 Å². The fraction of sp³-hybridized carbons (Fsp3) is 0. The number of fused-ring (bicyclic) bond motifs is 1. The number of H-pyrrole nitrogens is 1. The number of pyridine rings is 1. The highest BCUT2D eigenvalue weighted by Crippen LogP contribution is 2.24. The maximum absolute atomic E-state index is 14.0. The van der Waals surface area contributed by atoms with Crippen LogP contribution in [0.25, 0.3) is 28.2 Å². The summed E-state index contributed by atoms with van der Waals surface area (Å²) in [5.74, 6) is -1.47. The lowest BCUT2D eigenvalue weighted by molar-refractivity contribution is 0.585. The molecule has 1 aromatic carbocycles. The topological polar surface area (TPSA) is 63.0 Å². The van der Waals surface area contributed by atoms with E-state index in [1.54, 1.807) is 24.5 Å². The second-order valence-electron chi connectivity index (χ2n) is 5.16. The number of aromatic amines is 1. The predicted molar refractivity (Wildman–Crippen MR) is 84.4 cm³/mol. The van der Waals surface area contributed by atoms with Crippen LogP contribution in [0.3, 0.4) is 0 Å². The number of aromatic nitrogens is 4. The van der Waals surface area contributed by atoms with Crippen LogP contribution in [0.2, 0.25) is 0 Å². The van der Waals surface area contributed by atoms with Gasteiger partial charge in [-0.25, -0.2) is 18.3 Å². The van der Waals surface area contributed by atoms with Gasteiger partial charge in [-0.1, -0.05) is 6.07 Å². The van der Waals surface area contributed by atoms with Gasteiger partial charge in [-0.2, -0.15) is 0 Å². The third-order valence-electron chi connectivity index (χ3n) is 3.65. The quantitative estimate of drug-likeness (QED) is 0.616. The minimum atomic E-state index is -0.777. The zero-order valence-electron chi connectivity index (χ0n) is 12.2. The number of hydrogen-bond acceptors (Lipinski definition) is 3. The molecule has 0 fully saturated rings. The molecular formula is C17H10F2N4O.